The van der Waals surface area contributed by atoms with Crippen LogP contribution in [-0.4, -0.2) is 27.6 Å². The van der Waals surface area contributed by atoms with Gasteiger partial charge in [0.05, 0.1) is 5.56 Å². The third-order valence-corrected chi connectivity index (χ3v) is 3.95. The third kappa shape index (κ3) is 6.00. The predicted octanol–water partition coefficient (Wildman–Crippen LogP) is 3.80. The Morgan fingerprint density at radius 3 is 2.35 bits per heavy atom. The van der Waals surface area contributed by atoms with Crippen molar-refractivity contribution in [1.29, 1.82) is 0 Å². The van der Waals surface area contributed by atoms with E-state index in [-0.39, 0.29) is 11.2 Å². The summed E-state index contributed by atoms with van der Waals surface area (Å²) in [6.07, 6.45) is 2.98. The molecule has 2 rings (SSSR count). The van der Waals surface area contributed by atoms with Crippen molar-refractivity contribution in [2.24, 2.45) is 0 Å². The fourth-order valence-electron chi connectivity index (χ4n) is 1.87. The molecule has 0 saturated carbocycles. The first kappa shape index (κ1) is 19.7. The number of amides is 2. The Bertz CT molecular complexity index is 761. The molecule has 1 aromatic carbocycles. The van der Waals surface area contributed by atoms with Gasteiger partial charge in [-0.25, -0.2) is 14.8 Å². The molecule has 0 unspecified atom stereocenters. The number of aromatic nitrogens is 2. The summed E-state index contributed by atoms with van der Waals surface area (Å²) in [6, 6.07) is 7.10. The van der Waals surface area contributed by atoms with E-state index in [0.29, 0.717) is 17.8 Å². The number of nitrogens with zero attached hydrogens (tertiary/aromatic N) is 2. The number of benzene rings is 1. The highest BCUT2D eigenvalue weighted by Gasteiger charge is 2.19. The molecule has 0 aliphatic heterocycles. The third-order valence-electron chi connectivity index (χ3n) is 3.75. The van der Waals surface area contributed by atoms with Crippen LogP contribution in [0.5, 0.6) is 0 Å². The highest BCUT2D eigenvalue weighted by molar-refractivity contribution is 6.28. The van der Waals surface area contributed by atoms with Gasteiger partial charge in [-0.15, -0.1) is 0 Å². The maximum atomic E-state index is 12.1. The lowest BCUT2D eigenvalue weighted by molar-refractivity contribution is 0.0360. The minimum absolute atomic E-state index is 0.0826. The van der Waals surface area contributed by atoms with Crippen molar-refractivity contribution in [3.8, 4) is 0 Å². The molecule has 2 amide bonds. The Labute approximate surface area is 157 Å². The van der Waals surface area contributed by atoms with Gasteiger partial charge in [-0.3, -0.25) is 4.79 Å². The van der Waals surface area contributed by atoms with Crippen LogP contribution in [0.4, 0.5) is 10.5 Å². The number of carbonyl (C=O) groups is 2. The predicted molar refractivity (Wildman–Crippen MR) is 99.1 cm³/mol. The summed E-state index contributed by atoms with van der Waals surface area (Å²) in [4.78, 5) is 31.4. The zero-order chi connectivity index (χ0) is 19.2. The number of alkyl carbamates (subject to hydrolysis) is 1. The van der Waals surface area contributed by atoms with E-state index in [4.69, 9.17) is 16.3 Å². The highest BCUT2D eigenvalue weighted by Crippen LogP contribution is 2.14. The van der Waals surface area contributed by atoms with Gasteiger partial charge in [0.2, 0.25) is 5.28 Å². The Kier molecular flexibility index (Phi) is 6.52. The van der Waals surface area contributed by atoms with E-state index < -0.39 is 11.7 Å². The molecule has 0 atom stereocenters. The van der Waals surface area contributed by atoms with Gasteiger partial charge in [-0.2, -0.15) is 0 Å². The van der Waals surface area contributed by atoms with Crippen LogP contribution in [0, 0.1) is 0 Å². The van der Waals surface area contributed by atoms with E-state index in [1.165, 1.54) is 12.4 Å². The molecular weight excluding hydrogens is 356 g/mol. The number of rotatable bonds is 6. The monoisotopic (exact) mass is 376 g/mol. The molecule has 0 spiro atoms. The normalized spacial score (nSPS) is 10.9. The van der Waals surface area contributed by atoms with E-state index in [0.717, 1.165) is 12.0 Å². The first-order chi connectivity index (χ1) is 12.3. The van der Waals surface area contributed by atoms with Crippen molar-refractivity contribution >= 4 is 29.3 Å². The van der Waals surface area contributed by atoms with Crippen LogP contribution >= 0.6 is 11.6 Å². The van der Waals surface area contributed by atoms with Crippen molar-refractivity contribution in [2.75, 3.05) is 5.32 Å². The number of hydrogen-bond donors (Lipinski definition) is 2. The van der Waals surface area contributed by atoms with Gasteiger partial charge in [-0.05, 0) is 49.6 Å². The van der Waals surface area contributed by atoms with Crippen molar-refractivity contribution < 1.29 is 14.3 Å². The Balaban J connectivity index is 1.87. The standard InChI is InChI=1S/C18H21ClN4O3/c1-4-18(2,3)26-17(25)22-9-12-5-7-14(8-6-12)23-15(24)13-10-20-16(19)21-11-13/h5-8,10-11H,4,9H2,1-3H3,(H,22,25)(H,23,24). The summed E-state index contributed by atoms with van der Waals surface area (Å²) in [7, 11) is 0. The van der Waals surface area contributed by atoms with Crippen LogP contribution in [0.15, 0.2) is 36.7 Å². The average molecular weight is 377 g/mol. The van der Waals surface area contributed by atoms with Crippen molar-refractivity contribution in [3.63, 3.8) is 0 Å². The van der Waals surface area contributed by atoms with Crippen LogP contribution in [-0.2, 0) is 11.3 Å². The molecule has 0 aliphatic rings. The summed E-state index contributed by atoms with van der Waals surface area (Å²) in [5.41, 5.74) is 1.30. The van der Waals surface area contributed by atoms with Crippen molar-refractivity contribution in [2.45, 2.75) is 39.3 Å². The molecule has 26 heavy (non-hydrogen) atoms. The molecule has 1 heterocycles. The van der Waals surface area contributed by atoms with E-state index in [9.17, 15) is 9.59 Å². The van der Waals surface area contributed by atoms with Gasteiger partial charge in [0, 0.05) is 24.6 Å². The molecule has 0 fully saturated rings. The van der Waals surface area contributed by atoms with E-state index in [2.05, 4.69) is 20.6 Å². The van der Waals surface area contributed by atoms with Crippen LogP contribution in [0.2, 0.25) is 5.28 Å². The minimum Gasteiger partial charge on any atom is -0.444 e. The number of ether oxygens (including phenoxy) is 1. The quantitative estimate of drug-likeness (QED) is 0.748. The molecule has 7 nitrogen and oxygen atoms in total. The highest BCUT2D eigenvalue weighted by atomic mass is 35.5. The summed E-state index contributed by atoms with van der Waals surface area (Å²) in [6.45, 7) is 6.00. The maximum Gasteiger partial charge on any atom is 0.407 e. The molecule has 0 bridgehead atoms. The molecule has 0 radical (unpaired) electrons. The zero-order valence-electron chi connectivity index (χ0n) is 14.9. The summed E-state index contributed by atoms with van der Waals surface area (Å²) in [5, 5.41) is 5.52. The number of halogens is 1. The number of nitrogens with one attached hydrogen (secondary N) is 2. The lowest BCUT2D eigenvalue weighted by atomic mass is 10.1. The molecule has 2 N–H and O–H groups in total. The van der Waals surface area contributed by atoms with Gasteiger partial charge >= 0.3 is 6.09 Å². The van der Waals surface area contributed by atoms with Gasteiger partial charge in [0.25, 0.3) is 5.91 Å². The van der Waals surface area contributed by atoms with Crippen LogP contribution in [0.3, 0.4) is 0 Å². The second-order valence-electron chi connectivity index (χ2n) is 6.25. The molecular formula is C18H21ClN4O3. The fraction of sp³-hybridized carbons (Fsp3) is 0.333. The van der Waals surface area contributed by atoms with Gasteiger partial charge < -0.3 is 15.4 Å². The van der Waals surface area contributed by atoms with E-state index in [1.54, 1.807) is 24.3 Å². The minimum atomic E-state index is -0.496. The second-order valence-corrected chi connectivity index (χ2v) is 6.59. The van der Waals surface area contributed by atoms with E-state index in [1.807, 2.05) is 20.8 Å². The lowest BCUT2D eigenvalue weighted by Gasteiger charge is -2.23. The van der Waals surface area contributed by atoms with E-state index >= 15 is 0 Å². The first-order valence-corrected chi connectivity index (χ1v) is 8.51. The zero-order valence-corrected chi connectivity index (χ0v) is 15.6. The molecule has 2 aromatic rings. The first-order valence-electron chi connectivity index (χ1n) is 8.14. The second kappa shape index (κ2) is 8.62. The summed E-state index contributed by atoms with van der Waals surface area (Å²) < 4.78 is 5.31. The Morgan fingerprint density at radius 2 is 1.77 bits per heavy atom. The topological polar surface area (TPSA) is 93.2 Å². The maximum absolute atomic E-state index is 12.1. The number of hydrogen-bond acceptors (Lipinski definition) is 5. The van der Waals surface area contributed by atoms with Gasteiger partial charge in [-0.1, -0.05) is 19.1 Å². The smallest absolute Gasteiger partial charge is 0.407 e. The largest absolute Gasteiger partial charge is 0.444 e. The SMILES string of the molecule is CCC(C)(C)OC(=O)NCc1ccc(NC(=O)c2cnc(Cl)nc2)cc1. The summed E-state index contributed by atoms with van der Waals surface area (Å²) >= 11 is 5.60. The van der Waals surface area contributed by atoms with Gasteiger partial charge in [0.1, 0.15) is 5.60 Å². The molecule has 0 saturated heterocycles. The number of anilines is 1. The van der Waals surface area contributed by atoms with Crippen LogP contribution < -0.4 is 10.6 Å². The van der Waals surface area contributed by atoms with Crippen molar-refractivity contribution in [3.05, 3.63) is 53.1 Å². The molecule has 0 aliphatic carbocycles. The molecule has 1 aromatic heterocycles. The summed E-state index contributed by atoms with van der Waals surface area (Å²) in [5.74, 6) is -0.335. The molecule has 138 valence electrons. The molecule has 8 heteroatoms. The van der Waals surface area contributed by atoms with Crippen LogP contribution in [0.1, 0.15) is 43.1 Å². The van der Waals surface area contributed by atoms with Crippen LogP contribution in [0.25, 0.3) is 0 Å². The van der Waals surface area contributed by atoms with Crippen molar-refractivity contribution in [1.82, 2.24) is 15.3 Å². The Morgan fingerprint density at radius 1 is 1.15 bits per heavy atom. The fourth-order valence-corrected chi connectivity index (χ4v) is 1.97. The average Bonchev–Trinajstić information content (AvgIpc) is 2.61. The lowest BCUT2D eigenvalue weighted by Crippen LogP contribution is -2.33. The number of carbonyl (C=O) groups excluding carboxylic acids is 2. The Hall–Kier alpha value is -2.67. The van der Waals surface area contributed by atoms with Gasteiger partial charge in [0.15, 0.2) is 0 Å².